The molecule has 4 N–H and O–H groups in total. The number of hydrogen-bond acceptors (Lipinski definition) is 4. The third kappa shape index (κ3) is 7.27. The van der Waals surface area contributed by atoms with Crippen LogP contribution in [0.4, 0.5) is 9.59 Å². The van der Waals surface area contributed by atoms with Crippen molar-refractivity contribution in [2.45, 2.75) is 126 Å². The van der Waals surface area contributed by atoms with Gasteiger partial charge >= 0.3 is 12.1 Å². The largest absolute Gasteiger partial charge is 0.335 e. The first-order valence-corrected chi connectivity index (χ1v) is 19.8. The average molecular weight is 677 g/mol. The summed E-state index contributed by atoms with van der Waals surface area (Å²) in [6, 6.07) is 20.8. The van der Waals surface area contributed by atoms with E-state index in [2.05, 4.69) is 91.4 Å². The summed E-state index contributed by atoms with van der Waals surface area (Å²) in [6.07, 6.45) is 16.7. The van der Waals surface area contributed by atoms with Crippen LogP contribution < -0.4 is 21.3 Å². The molecule has 0 radical (unpaired) electrons. The molecule has 8 heteroatoms. The fraction of sp³-hybridized carbons (Fsp3) is 0.619. The van der Waals surface area contributed by atoms with Gasteiger partial charge < -0.3 is 21.3 Å². The zero-order valence-electron chi connectivity index (χ0n) is 29.7. The molecule has 6 aliphatic rings. The molecule has 4 unspecified atom stereocenters. The molecule has 0 spiro atoms. The number of urea groups is 2. The Balaban J connectivity index is 0.648. The van der Waals surface area contributed by atoms with Gasteiger partial charge in [0.05, 0.1) is 13.1 Å². The van der Waals surface area contributed by atoms with Crippen LogP contribution in [-0.2, 0) is 0 Å². The van der Waals surface area contributed by atoms with E-state index in [-0.39, 0.29) is 37.2 Å². The smallest absolute Gasteiger partial charge is 0.315 e. The highest BCUT2D eigenvalue weighted by molar-refractivity contribution is 5.75. The predicted octanol–water partition coefficient (Wildman–Crippen LogP) is 7.27. The van der Waals surface area contributed by atoms with Gasteiger partial charge in [-0.05, 0) is 137 Å². The molecule has 4 heterocycles. The van der Waals surface area contributed by atoms with E-state index in [0.29, 0.717) is 24.2 Å². The van der Waals surface area contributed by atoms with E-state index in [1.54, 1.807) is 22.3 Å². The molecule has 4 fully saturated rings. The maximum Gasteiger partial charge on any atom is 0.315 e. The van der Waals surface area contributed by atoms with Crippen molar-refractivity contribution < 1.29 is 9.59 Å². The summed E-state index contributed by atoms with van der Waals surface area (Å²) in [5.41, 5.74) is 6.27. The highest BCUT2D eigenvalue weighted by atomic mass is 16.2. The Morgan fingerprint density at radius 1 is 0.520 bits per heavy atom. The van der Waals surface area contributed by atoms with E-state index in [1.165, 1.54) is 77.3 Å². The molecule has 2 aliphatic carbocycles. The van der Waals surface area contributed by atoms with E-state index in [0.717, 1.165) is 37.5 Å². The highest BCUT2D eigenvalue weighted by Crippen LogP contribution is 2.54. The molecule has 4 amide bonds. The quantitative estimate of drug-likeness (QED) is 0.200. The second kappa shape index (κ2) is 15.4. The monoisotopic (exact) mass is 676 g/mol. The Bertz CT molecular complexity index is 1390. The van der Waals surface area contributed by atoms with Gasteiger partial charge in [0.25, 0.3) is 0 Å². The van der Waals surface area contributed by atoms with Gasteiger partial charge in [0.1, 0.15) is 0 Å². The summed E-state index contributed by atoms with van der Waals surface area (Å²) in [4.78, 5) is 30.5. The van der Waals surface area contributed by atoms with Gasteiger partial charge in [-0.15, -0.1) is 0 Å². The van der Waals surface area contributed by atoms with Gasteiger partial charge in [0.2, 0.25) is 0 Å². The van der Waals surface area contributed by atoms with Crippen molar-refractivity contribution in [3.63, 3.8) is 0 Å². The lowest BCUT2D eigenvalue weighted by molar-refractivity contribution is 0.185. The van der Waals surface area contributed by atoms with Crippen LogP contribution in [0.5, 0.6) is 0 Å². The minimum absolute atomic E-state index is 0.145. The van der Waals surface area contributed by atoms with Crippen molar-refractivity contribution in [1.29, 1.82) is 0 Å². The number of carbonyl (C=O) groups is 2. The van der Waals surface area contributed by atoms with Crippen LogP contribution in [0.1, 0.15) is 136 Å². The van der Waals surface area contributed by atoms with E-state index in [4.69, 9.17) is 0 Å². The maximum absolute atomic E-state index is 12.5. The topological polar surface area (TPSA) is 88.7 Å². The van der Waals surface area contributed by atoms with Crippen molar-refractivity contribution >= 4 is 12.1 Å². The normalized spacial score (nSPS) is 31.0. The van der Waals surface area contributed by atoms with E-state index < -0.39 is 0 Å². The molecule has 50 heavy (non-hydrogen) atoms. The lowest BCUT2D eigenvalue weighted by Crippen LogP contribution is -2.44. The standard InChI is InChI=1S/C42H56N6O2/c49-41(45-31-15-11-29(12-16-31)23-27-47-37-19-20-38(47)34-8-2-1-7-33(34)37)43-25-5-6-26-44-42(50)46-32-17-13-30(14-18-32)24-28-48-39-21-22-40(48)36-10-4-3-9-35(36)39/h1-4,7-10,29-32,37-40H,11-28H2,(H2,43,45,49)(H2,44,46,50). The molecule has 266 valence electrons. The Hall–Kier alpha value is -3.54. The summed E-state index contributed by atoms with van der Waals surface area (Å²) >= 11 is 0. The first-order valence-electron chi connectivity index (χ1n) is 19.8. The van der Waals surface area contributed by atoms with Crippen LogP contribution in [0, 0.1) is 23.7 Å². The van der Waals surface area contributed by atoms with E-state index in [1.807, 2.05) is 0 Å². The first kappa shape index (κ1) is 33.6. The number of benzene rings is 2. The molecular formula is C42H56N6O2. The molecule has 2 aromatic rings. The molecule has 8 nitrogen and oxygen atoms in total. The van der Waals surface area contributed by atoms with Crippen molar-refractivity contribution in [1.82, 2.24) is 31.1 Å². The van der Waals surface area contributed by atoms with Gasteiger partial charge in [-0.1, -0.05) is 60.4 Å². The Morgan fingerprint density at radius 2 is 0.860 bits per heavy atom. The van der Waals surface area contributed by atoms with Crippen molar-refractivity contribution in [2.24, 2.45) is 11.8 Å². The van der Waals surface area contributed by atoms with Crippen LogP contribution in [0.2, 0.25) is 0 Å². The first-order chi connectivity index (χ1) is 24.6. The second-order valence-corrected chi connectivity index (χ2v) is 16.0. The van der Waals surface area contributed by atoms with Crippen LogP contribution in [0.25, 0.3) is 0 Å². The SMILES string of the molecule is O=C(NCC#CCNC(=O)NC1CCC(CCN2C3CCC2c2ccccc23)CC1)NC1CCC(CCN2C3CCC2c2ccccc23)CC1. The minimum atomic E-state index is -0.145. The van der Waals surface area contributed by atoms with Gasteiger partial charge in [-0.25, -0.2) is 9.59 Å². The fourth-order valence-corrected chi connectivity index (χ4v) is 10.6. The zero-order chi connectivity index (χ0) is 33.9. The summed E-state index contributed by atoms with van der Waals surface area (Å²) in [7, 11) is 0. The molecule has 4 atom stereocenters. The average Bonchev–Trinajstić information content (AvgIpc) is 3.91. The number of fused-ring (bicyclic) bond motifs is 10. The van der Waals surface area contributed by atoms with Gasteiger partial charge in [0.15, 0.2) is 0 Å². The molecule has 0 aromatic heterocycles. The molecule has 4 bridgehead atoms. The highest BCUT2D eigenvalue weighted by Gasteiger charge is 2.44. The van der Waals surface area contributed by atoms with E-state index in [9.17, 15) is 9.59 Å². The van der Waals surface area contributed by atoms with Crippen LogP contribution in [-0.4, -0.2) is 60.1 Å². The summed E-state index contributed by atoms with van der Waals surface area (Å²) in [5, 5.41) is 12.0. The number of carbonyl (C=O) groups excluding carboxylic acids is 2. The second-order valence-electron chi connectivity index (χ2n) is 16.0. The number of nitrogens with zero attached hydrogens (tertiary/aromatic N) is 2. The zero-order valence-corrected chi connectivity index (χ0v) is 29.7. The lowest BCUT2D eigenvalue weighted by atomic mass is 9.84. The van der Waals surface area contributed by atoms with Crippen LogP contribution in [0.3, 0.4) is 0 Å². The summed E-state index contributed by atoms with van der Waals surface area (Å²) in [6.45, 7) is 2.94. The number of nitrogens with one attached hydrogen (secondary N) is 4. The third-order valence-corrected chi connectivity index (χ3v) is 13.2. The molecule has 2 aromatic carbocycles. The van der Waals surface area contributed by atoms with Gasteiger partial charge in [-0.2, -0.15) is 0 Å². The Morgan fingerprint density at radius 3 is 1.20 bits per heavy atom. The summed E-state index contributed by atoms with van der Waals surface area (Å²) in [5.74, 6) is 7.44. The van der Waals surface area contributed by atoms with Crippen LogP contribution >= 0.6 is 0 Å². The van der Waals surface area contributed by atoms with Gasteiger partial charge in [0, 0.05) is 36.3 Å². The molecule has 4 aliphatic heterocycles. The van der Waals surface area contributed by atoms with Gasteiger partial charge in [-0.3, -0.25) is 9.80 Å². The summed E-state index contributed by atoms with van der Waals surface area (Å²) < 4.78 is 0. The van der Waals surface area contributed by atoms with Crippen molar-refractivity contribution in [3.05, 3.63) is 70.8 Å². The molecule has 2 saturated heterocycles. The Kier molecular flexibility index (Phi) is 10.3. The third-order valence-electron chi connectivity index (χ3n) is 13.2. The molecule has 2 saturated carbocycles. The lowest BCUT2D eigenvalue weighted by Gasteiger charge is -2.31. The molecule has 8 rings (SSSR count). The predicted molar refractivity (Wildman–Crippen MR) is 197 cm³/mol. The van der Waals surface area contributed by atoms with E-state index >= 15 is 0 Å². The maximum atomic E-state index is 12.5. The Labute approximate surface area is 298 Å². The number of rotatable bonds is 10. The van der Waals surface area contributed by atoms with Crippen LogP contribution in [0.15, 0.2) is 48.5 Å². The number of hydrogen-bond donors (Lipinski definition) is 4. The van der Waals surface area contributed by atoms with Crippen molar-refractivity contribution in [2.75, 3.05) is 26.2 Å². The van der Waals surface area contributed by atoms with Crippen molar-refractivity contribution in [3.8, 4) is 11.8 Å². The minimum Gasteiger partial charge on any atom is -0.335 e. The molecular weight excluding hydrogens is 621 g/mol. The number of amides is 4. The fourth-order valence-electron chi connectivity index (χ4n) is 10.6.